The summed E-state index contributed by atoms with van der Waals surface area (Å²) in [5.41, 5.74) is 0.721. The smallest absolute Gasteiger partial charge is 0.490 e. The Kier molecular flexibility index (Phi) is 8.26. The first-order chi connectivity index (χ1) is 16.8. The van der Waals surface area contributed by atoms with Crippen LogP contribution in [0.2, 0.25) is 0 Å². The largest absolute Gasteiger partial charge is 0.493 e. The molecule has 0 unspecified atom stereocenters. The molecule has 2 aliphatic heterocycles. The number of carbonyl (C=O) groups is 1. The van der Waals surface area contributed by atoms with Crippen molar-refractivity contribution in [1.29, 1.82) is 0 Å². The van der Waals surface area contributed by atoms with Crippen molar-refractivity contribution >= 4 is 28.6 Å². The summed E-state index contributed by atoms with van der Waals surface area (Å²) in [5.74, 6) is -2.86. The van der Waals surface area contributed by atoms with Crippen LogP contribution in [0.1, 0.15) is 12.8 Å². The Hall–Kier alpha value is -3.16. The Bertz CT molecular complexity index is 1070. The standard InChI is InChI=1S/C20H27F2N5O2.C2HF3O2/c1-25-8-10-26(11-9-25)18-14-12-16(28-2)17(29-3)13-15(14)23-19(24-18)27-6-4-20(21,22)5-7-27;3-2(4,5)1(6)7/h12-13H,4-11H2,1-3H3;(H,6,7). The lowest BCUT2D eigenvalue weighted by Crippen LogP contribution is -2.45. The molecule has 3 heterocycles. The molecule has 0 aliphatic carbocycles. The molecule has 0 spiro atoms. The highest BCUT2D eigenvalue weighted by atomic mass is 19.4. The first kappa shape index (κ1) is 27.4. The van der Waals surface area contributed by atoms with Gasteiger partial charge in [-0.05, 0) is 13.1 Å². The van der Waals surface area contributed by atoms with Crippen molar-refractivity contribution in [2.24, 2.45) is 0 Å². The van der Waals surface area contributed by atoms with E-state index in [2.05, 4.69) is 16.8 Å². The average Bonchev–Trinajstić information content (AvgIpc) is 2.82. The SMILES string of the molecule is COc1cc2nc(N3CCC(F)(F)CC3)nc(N3CCN(C)CC3)c2cc1OC.O=C(O)C(F)(F)F. The van der Waals surface area contributed by atoms with Crippen LogP contribution < -0.4 is 19.3 Å². The summed E-state index contributed by atoms with van der Waals surface area (Å²) in [6.45, 7) is 4.04. The number of nitrogens with zero attached hydrogens (tertiary/aromatic N) is 5. The quantitative estimate of drug-likeness (QED) is 0.609. The summed E-state index contributed by atoms with van der Waals surface area (Å²) in [5, 5.41) is 8.00. The number of fused-ring (bicyclic) bond motifs is 1. The zero-order valence-corrected chi connectivity index (χ0v) is 20.1. The van der Waals surface area contributed by atoms with Gasteiger partial charge in [0, 0.05) is 63.6 Å². The molecule has 0 radical (unpaired) electrons. The lowest BCUT2D eigenvalue weighted by Gasteiger charge is -2.35. The number of ether oxygens (including phenoxy) is 2. The number of aliphatic carboxylic acids is 1. The summed E-state index contributed by atoms with van der Waals surface area (Å²) < 4.78 is 69.9. The van der Waals surface area contributed by atoms with Gasteiger partial charge in [-0.2, -0.15) is 18.2 Å². The fraction of sp³-hybridized carbons (Fsp3) is 0.591. The number of hydrogen-bond donors (Lipinski definition) is 1. The molecule has 0 atom stereocenters. The minimum Gasteiger partial charge on any atom is -0.493 e. The number of alkyl halides is 5. The summed E-state index contributed by atoms with van der Waals surface area (Å²) >= 11 is 0. The van der Waals surface area contributed by atoms with Crippen molar-refractivity contribution < 1.29 is 41.3 Å². The van der Waals surface area contributed by atoms with E-state index in [1.54, 1.807) is 14.2 Å². The normalized spacial score (nSPS) is 18.4. The fourth-order valence-corrected chi connectivity index (χ4v) is 3.86. The number of anilines is 2. The molecular weight excluding hydrogens is 493 g/mol. The molecule has 2 aromatic rings. The van der Waals surface area contributed by atoms with Gasteiger partial charge >= 0.3 is 12.1 Å². The highest BCUT2D eigenvalue weighted by Gasteiger charge is 2.38. The number of piperazine rings is 1. The maximum atomic E-state index is 13.6. The summed E-state index contributed by atoms with van der Waals surface area (Å²) in [6.07, 6.45) is -5.44. The summed E-state index contributed by atoms with van der Waals surface area (Å²) in [4.78, 5) is 24.8. The molecule has 36 heavy (non-hydrogen) atoms. The van der Waals surface area contributed by atoms with Crippen molar-refractivity contribution in [3.8, 4) is 11.5 Å². The molecular formula is C22H28F5N5O4. The third kappa shape index (κ3) is 6.53. The predicted molar refractivity (Wildman–Crippen MR) is 122 cm³/mol. The first-order valence-corrected chi connectivity index (χ1v) is 11.1. The maximum absolute atomic E-state index is 13.6. The molecule has 1 aromatic carbocycles. The molecule has 14 heteroatoms. The third-order valence-corrected chi connectivity index (χ3v) is 5.99. The molecule has 1 aromatic heterocycles. The number of halogens is 5. The van der Waals surface area contributed by atoms with Gasteiger partial charge in [-0.1, -0.05) is 0 Å². The zero-order chi connectivity index (χ0) is 26.7. The van der Waals surface area contributed by atoms with Crippen LogP contribution in [0, 0.1) is 0 Å². The second kappa shape index (κ2) is 10.8. The number of aromatic nitrogens is 2. The molecule has 9 nitrogen and oxygen atoms in total. The van der Waals surface area contributed by atoms with E-state index in [-0.39, 0.29) is 25.9 Å². The van der Waals surface area contributed by atoms with Gasteiger partial charge in [0.1, 0.15) is 5.82 Å². The van der Waals surface area contributed by atoms with Crippen molar-refractivity contribution in [2.75, 3.05) is 70.3 Å². The molecule has 1 N–H and O–H groups in total. The Morgan fingerprint density at radius 1 is 0.944 bits per heavy atom. The molecule has 4 rings (SSSR count). The second-order valence-corrected chi connectivity index (χ2v) is 8.51. The van der Waals surface area contributed by atoms with Crippen molar-refractivity contribution in [2.45, 2.75) is 24.9 Å². The first-order valence-electron chi connectivity index (χ1n) is 11.1. The Labute approximate surface area is 204 Å². The lowest BCUT2D eigenvalue weighted by molar-refractivity contribution is -0.192. The molecule has 0 saturated carbocycles. The van der Waals surface area contributed by atoms with E-state index in [9.17, 15) is 22.0 Å². The van der Waals surface area contributed by atoms with Crippen LogP contribution in [0.15, 0.2) is 12.1 Å². The number of rotatable bonds is 4. The van der Waals surface area contributed by atoms with E-state index in [1.165, 1.54) is 0 Å². The van der Waals surface area contributed by atoms with Crippen LogP contribution >= 0.6 is 0 Å². The number of methoxy groups -OCH3 is 2. The topological polar surface area (TPSA) is 91.3 Å². The van der Waals surface area contributed by atoms with Crippen LogP contribution in [-0.4, -0.2) is 98.6 Å². The van der Waals surface area contributed by atoms with Gasteiger partial charge < -0.3 is 29.3 Å². The second-order valence-electron chi connectivity index (χ2n) is 8.51. The average molecular weight is 521 g/mol. The minimum atomic E-state index is -5.08. The monoisotopic (exact) mass is 521 g/mol. The number of likely N-dealkylation sites (N-methyl/N-ethyl adjacent to an activating group) is 1. The summed E-state index contributed by atoms with van der Waals surface area (Å²) in [6, 6.07) is 3.73. The van der Waals surface area contributed by atoms with Gasteiger partial charge in [-0.3, -0.25) is 0 Å². The number of hydrogen-bond acceptors (Lipinski definition) is 8. The molecule has 0 amide bonds. The minimum absolute atomic E-state index is 0.176. The molecule has 2 aliphatic rings. The Morgan fingerprint density at radius 2 is 1.47 bits per heavy atom. The highest BCUT2D eigenvalue weighted by molar-refractivity contribution is 5.93. The molecule has 200 valence electrons. The maximum Gasteiger partial charge on any atom is 0.490 e. The van der Waals surface area contributed by atoms with Gasteiger partial charge in [-0.15, -0.1) is 0 Å². The van der Waals surface area contributed by atoms with Gasteiger partial charge in [0.2, 0.25) is 5.95 Å². The van der Waals surface area contributed by atoms with Gasteiger partial charge in [-0.25, -0.2) is 18.6 Å². The fourth-order valence-electron chi connectivity index (χ4n) is 3.86. The predicted octanol–water partition coefficient (Wildman–Crippen LogP) is 3.27. The van der Waals surface area contributed by atoms with Crippen molar-refractivity contribution in [3.63, 3.8) is 0 Å². The number of carboxylic acid groups (broad SMARTS) is 1. The van der Waals surface area contributed by atoms with Crippen LogP contribution in [0.3, 0.4) is 0 Å². The van der Waals surface area contributed by atoms with Crippen LogP contribution in [-0.2, 0) is 4.79 Å². The number of piperidine rings is 1. The lowest BCUT2D eigenvalue weighted by atomic mass is 10.1. The van der Waals surface area contributed by atoms with E-state index in [1.807, 2.05) is 17.0 Å². The van der Waals surface area contributed by atoms with E-state index in [0.29, 0.717) is 17.4 Å². The van der Waals surface area contributed by atoms with Crippen LogP contribution in [0.5, 0.6) is 11.5 Å². The van der Waals surface area contributed by atoms with Crippen molar-refractivity contribution in [1.82, 2.24) is 14.9 Å². The van der Waals surface area contributed by atoms with Crippen molar-refractivity contribution in [3.05, 3.63) is 12.1 Å². The highest BCUT2D eigenvalue weighted by Crippen LogP contribution is 2.37. The molecule has 0 bridgehead atoms. The van der Waals surface area contributed by atoms with Crippen LogP contribution in [0.25, 0.3) is 10.9 Å². The van der Waals surface area contributed by atoms with E-state index < -0.39 is 18.1 Å². The van der Waals surface area contributed by atoms with Gasteiger partial charge in [0.15, 0.2) is 11.5 Å². The third-order valence-electron chi connectivity index (χ3n) is 5.99. The number of benzene rings is 1. The Balaban J connectivity index is 0.000000454. The van der Waals surface area contributed by atoms with Gasteiger partial charge in [0.05, 0.1) is 19.7 Å². The number of carboxylic acids is 1. The summed E-state index contributed by atoms with van der Waals surface area (Å²) in [7, 11) is 5.28. The van der Waals surface area contributed by atoms with E-state index in [0.717, 1.165) is 42.9 Å². The Morgan fingerprint density at radius 3 is 1.97 bits per heavy atom. The van der Waals surface area contributed by atoms with Gasteiger partial charge in [0.25, 0.3) is 5.92 Å². The van der Waals surface area contributed by atoms with Crippen LogP contribution in [0.4, 0.5) is 33.7 Å². The zero-order valence-electron chi connectivity index (χ0n) is 20.1. The van der Waals surface area contributed by atoms with E-state index in [4.69, 9.17) is 29.3 Å². The molecule has 2 saturated heterocycles. The molecule has 2 fully saturated rings. The van der Waals surface area contributed by atoms with E-state index >= 15 is 0 Å².